The standard InChI is InChI=1S/C25H32N4O5/c26-14-18-7-4-8-19(11-18)16-34-25(33)29-22(12-17-5-2-1-3-6-17)24(32)28-21(15-30)13-20-9-10-27-23(20)31/h4,7-8,11,15,17,20-22H,1-3,5-6,9-10,12-13,16H2,(H,27,31)(H,28,32)(H,29,33)/t20-,21-,22-/m0/s1. The molecule has 1 aliphatic heterocycles. The Morgan fingerprint density at radius 2 is 1.97 bits per heavy atom. The van der Waals surface area contributed by atoms with Gasteiger partial charge >= 0.3 is 6.09 Å². The molecule has 1 saturated heterocycles. The van der Waals surface area contributed by atoms with Crippen LogP contribution in [0.25, 0.3) is 0 Å². The van der Waals surface area contributed by atoms with Crippen LogP contribution >= 0.6 is 0 Å². The van der Waals surface area contributed by atoms with Gasteiger partial charge in [-0.15, -0.1) is 0 Å². The second-order valence-corrected chi connectivity index (χ2v) is 9.09. The number of hydrogen-bond donors (Lipinski definition) is 3. The maximum atomic E-state index is 13.1. The zero-order chi connectivity index (χ0) is 24.3. The molecule has 0 unspecified atom stereocenters. The van der Waals surface area contributed by atoms with Crippen molar-refractivity contribution < 1.29 is 23.9 Å². The van der Waals surface area contributed by atoms with Crippen LogP contribution in [-0.2, 0) is 25.7 Å². The largest absolute Gasteiger partial charge is 0.445 e. The molecule has 9 nitrogen and oxygen atoms in total. The second-order valence-electron chi connectivity index (χ2n) is 9.09. The highest BCUT2D eigenvalue weighted by molar-refractivity contribution is 5.88. The molecule has 0 radical (unpaired) electrons. The van der Waals surface area contributed by atoms with Crippen molar-refractivity contribution in [1.29, 1.82) is 5.26 Å². The van der Waals surface area contributed by atoms with E-state index in [1.54, 1.807) is 24.3 Å². The number of carbonyl (C=O) groups is 4. The van der Waals surface area contributed by atoms with E-state index in [2.05, 4.69) is 16.0 Å². The number of rotatable bonds is 10. The molecule has 9 heteroatoms. The molecular formula is C25H32N4O5. The van der Waals surface area contributed by atoms with Crippen molar-refractivity contribution in [3.05, 3.63) is 35.4 Å². The Labute approximate surface area is 199 Å². The highest BCUT2D eigenvalue weighted by Crippen LogP contribution is 2.27. The SMILES string of the molecule is N#Cc1cccc(COC(=O)N[C@@H](CC2CCCCC2)C(=O)N[C@H](C=O)C[C@@H]2CCNC2=O)c1. The van der Waals surface area contributed by atoms with Gasteiger partial charge in [0.1, 0.15) is 18.9 Å². The van der Waals surface area contributed by atoms with Gasteiger partial charge in [-0.1, -0.05) is 44.2 Å². The van der Waals surface area contributed by atoms with Gasteiger partial charge in [0.25, 0.3) is 0 Å². The van der Waals surface area contributed by atoms with Crippen LogP contribution in [0.2, 0.25) is 0 Å². The van der Waals surface area contributed by atoms with Crippen LogP contribution in [0.15, 0.2) is 24.3 Å². The van der Waals surface area contributed by atoms with Crippen molar-refractivity contribution in [2.45, 2.75) is 70.1 Å². The number of alkyl carbamates (subject to hydrolysis) is 1. The normalized spacial score (nSPS) is 19.9. The third-order valence-electron chi connectivity index (χ3n) is 6.52. The van der Waals surface area contributed by atoms with Gasteiger partial charge in [-0.25, -0.2) is 4.79 Å². The number of carbonyl (C=O) groups excluding carboxylic acids is 4. The zero-order valence-corrected chi connectivity index (χ0v) is 19.3. The van der Waals surface area contributed by atoms with Crippen molar-refractivity contribution in [3.63, 3.8) is 0 Å². The van der Waals surface area contributed by atoms with Crippen molar-refractivity contribution in [2.24, 2.45) is 11.8 Å². The first-order valence-electron chi connectivity index (χ1n) is 11.9. The minimum absolute atomic E-state index is 0.0348. The molecule has 3 N–H and O–H groups in total. The van der Waals surface area contributed by atoms with E-state index >= 15 is 0 Å². The summed E-state index contributed by atoms with van der Waals surface area (Å²) in [5.74, 6) is -0.576. The van der Waals surface area contributed by atoms with E-state index < -0.39 is 24.1 Å². The summed E-state index contributed by atoms with van der Waals surface area (Å²) in [5, 5.41) is 17.1. The zero-order valence-electron chi connectivity index (χ0n) is 19.3. The maximum Gasteiger partial charge on any atom is 0.408 e. The van der Waals surface area contributed by atoms with E-state index in [9.17, 15) is 19.2 Å². The van der Waals surface area contributed by atoms with Gasteiger partial charge in [-0.3, -0.25) is 9.59 Å². The van der Waals surface area contributed by atoms with Crippen LogP contribution in [0, 0.1) is 23.2 Å². The Kier molecular flexibility index (Phi) is 9.44. The summed E-state index contributed by atoms with van der Waals surface area (Å²) in [4.78, 5) is 49.0. The summed E-state index contributed by atoms with van der Waals surface area (Å²) in [6, 6.07) is 7.13. The summed E-state index contributed by atoms with van der Waals surface area (Å²) in [7, 11) is 0. The highest BCUT2D eigenvalue weighted by atomic mass is 16.5. The molecule has 3 amide bonds. The van der Waals surface area contributed by atoms with Gasteiger partial charge in [-0.2, -0.15) is 5.26 Å². The van der Waals surface area contributed by atoms with E-state index in [1.807, 2.05) is 6.07 Å². The Bertz CT molecular complexity index is 922. The van der Waals surface area contributed by atoms with Crippen molar-refractivity contribution in [1.82, 2.24) is 16.0 Å². The average molecular weight is 469 g/mol. The summed E-state index contributed by atoms with van der Waals surface area (Å²) in [6.45, 7) is 0.533. The molecule has 1 saturated carbocycles. The second kappa shape index (κ2) is 12.7. The highest BCUT2D eigenvalue weighted by Gasteiger charge is 2.31. The van der Waals surface area contributed by atoms with E-state index in [0.29, 0.717) is 42.7 Å². The molecule has 1 aromatic carbocycles. The first-order valence-corrected chi connectivity index (χ1v) is 11.9. The molecule has 34 heavy (non-hydrogen) atoms. The minimum atomic E-state index is -0.846. The summed E-state index contributed by atoms with van der Waals surface area (Å²) >= 11 is 0. The number of amides is 3. The Hall–Kier alpha value is -3.41. The first-order chi connectivity index (χ1) is 16.5. The number of nitrogens with zero attached hydrogens (tertiary/aromatic N) is 1. The molecular weight excluding hydrogens is 436 g/mol. The number of hydrogen-bond acceptors (Lipinski definition) is 6. The van der Waals surface area contributed by atoms with Crippen LogP contribution in [-0.4, -0.2) is 42.8 Å². The smallest absolute Gasteiger partial charge is 0.408 e. The molecule has 2 fully saturated rings. The van der Waals surface area contributed by atoms with Crippen molar-refractivity contribution in [3.8, 4) is 6.07 Å². The third-order valence-corrected chi connectivity index (χ3v) is 6.52. The van der Waals surface area contributed by atoms with E-state index in [4.69, 9.17) is 10.00 Å². The topological polar surface area (TPSA) is 137 Å². The summed E-state index contributed by atoms with van der Waals surface area (Å²) in [5.41, 5.74) is 1.13. The van der Waals surface area contributed by atoms with E-state index in [-0.39, 0.29) is 24.9 Å². The molecule has 3 atom stereocenters. The van der Waals surface area contributed by atoms with Crippen molar-refractivity contribution in [2.75, 3.05) is 6.54 Å². The predicted molar refractivity (Wildman–Crippen MR) is 123 cm³/mol. The van der Waals surface area contributed by atoms with Crippen LogP contribution in [0.4, 0.5) is 4.79 Å². The van der Waals surface area contributed by atoms with Crippen LogP contribution in [0.1, 0.15) is 62.5 Å². The fourth-order valence-electron chi connectivity index (χ4n) is 4.66. The molecule has 1 aromatic rings. The van der Waals surface area contributed by atoms with Gasteiger partial charge in [0.2, 0.25) is 11.8 Å². The lowest BCUT2D eigenvalue weighted by molar-refractivity contribution is -0.127. The lowest BCUT2D eigenvalue weighted by Gasteiger charge is -2.27. The molecule has 0 bridgehead atoms. The predicted octanol–water partition coefficient (Wildman–Crippen LogP) is 2.33. The lowest BCUT2D eigenvalue weighted by Crippen LogP contribution is -2.51. The molecule has 1 heterocycles. The molecule has 2 aliphatic rings. The fourth-order valence-corrected chi connectivity index (χ4v) is 4.66. The Morgan fingerprint density at radius 1 is 1.18 bits per heavy atom. The number of nitrogens with one attached hydrogen (secondary N) is 3. The van der Waals surface area contributed by atoms with Gasteiger partial charge in [0.15, 0.2) is 0 Å². The third kappa shape index (κ3) is 7.58. The molecule has 0 aromatic heterocycles. The Morgan fingerprint density at radius 3 is 2.65 bits per heavy atom. The monoisotopic (exact) mass is 468 g/mol. The van der Waals surface area contributed by atoms with Gasteiger partial charge in [0.05, 0.1) is 17.7 Å². The molecule has 182 valence electrons. The van der Waals surface area contributed by atoms with Gasteiger partial charge in [0, 0.05) is 12.5 Å². The molecule has 1 aliphatic carbocycles. The van der Waals surface area contributed by atoms with Crippen LogP contribution < -0.4 is 16.0 Å². The number of nitriles is 1. The number of ether oxygens (including phenoxy) is 1. The van der Waals surface area contributed by atoms with E-state index in [1.165, 1.54) is 6.42 Å². The summed E-state index contributed by atoms with van der Waals surface area (Å²) in [6.07, 6.45) is 6.54. The van der Waals surface area contributed by atoms with E-state index in [0.717, 1.165) is 25.7 Å². The Balaban J connectivity index is 1.59. The van der Waals surface area contributed by atoms with Crippen LogP contribution in [0.3, 0.4) is 0 Å². The quantitative estimate of drug-likeness (QED) is 0.451. The number of aldehydes is 1. The number of benzene rings is 1. The average Bonchev–Trinajstić information content (AvgIpc) is 3.26. The maximum absolute atomic E-state index is 13.1. The fraction of sp³-hybridized carbons (Fsp3) is 0.560. The van der Waals surface area contributed by atoms with Gasteiger partial charge < -0.3 is 25.5 Å². The van der Waals surface area contributed by atoms with Gasteiger partial charge in [-0.05, 0) is 42.9 Å². The molecule has 0 spiro atoms. The molecule has 3 rings (SSSR count). The van der Waals surface area contributed by atoms with Crippen LogP contribution in [0.5, 0.6) is 0 Å². The lowest BCUT2D eigenvalue weighted by atomic mass is 9.84. The minimum Gasteiger partial charge on any atom is -0.445 e. The summed E-state index contributed by atoms with van der Waals surface area (Å²) < 4.78 is 5.29. The van der Waals surface area contributed by atoms with Crippen molar-refractivity contribution >= 4 is 24.2 Å². The first kappa shape index (κ1) is 25.2.